The first-order valence-corrected chi connectivity index (χ1v) is 8.99. The molecule has 1 aliphatic heterocycles. The van der Waals surface area contributed by atoms with E-state index in [2.05, 4.69) is 16.0 Å². The number of carbonyl (C=O) groups excluding carboxylic acids is 1. The van der Waals surface area contributed by atoms with Crippen molar-refractivity contribution in [3.63, 3.8) is 0 Å². The molecule has 0 saturated carbocycles. The van der Waals surface area contributed by atoms with Gasteiger partial charge in [-0.15, -0.1) is 11.3 Å². The molecule has 3 rings (SSSR count). The Morgan fingerprint density at radius 2 is 2.33 bits per heavy atom. The summed E-state index contributed by atoms with van der Waals surface area (Å²) in [7, 11) is 3.97. The lowest BCUT2D eigenvalue weighted by atomic mass is 10.1. The largest absolute Gasteiger partial charge is 0.375 e. The van der Waals surface area contributed by atoms with Crippen molar-refractivity contribution in [3.8, 4) is 0 Å². The highest BCUT2D eigenvalue weighted by atomic mass is 32.1. The first-order chi connectivity index (χ1) is 11.6. The number of morpholine rings is 1. The molecule has 2 aromatic heterocycles. The van der Waals surface area contributed by atoms with Gasteiger partial charge in [0.2, 0.25) is 0 Å². The Morgan fingerprint density at radius 1 is 1.46 bits per heavy atom. The van der Waals surface area contributed by atoms with Gasteiger partial charge in [0, 0.05) is 38.8 Å². The standard InChI is InChI=1S/C17H22N4O2S/c1-20(2)16-9-13(5-6-18-16)3-4-14-10-21(7-8-23-14)17(22)15-11-24-12-19-15/h5-6,9,11-12,14H,3-4,7-8,10H2,1-2H3/t14-/m1/s1. The lowest BCUT2D eigenvalue weighted by molar-refractivity contribution is -0.0247. The van der Waals surface area contributed by atoms with Gasteiger partial charge in [-0.05, 0) is 30.5 Å². The number of ether oxygens (including phenoxy) is 1. The van der Waals surface area contributed by atoms with Crippen molar-refractivity contribution in [2.24, 2.45) is 0 Å². The number of carbonyl (C=O) groups is 1. The molecule has 6 nitrogen and oxygen atoms in total. The second-order valence-electron chi connectivity index (χ2n) is 6.07. The van der Waals surface area contributed by atoms with E-state index in [-0.39, 0.29) is 12.0 Å². The molecule has 1 amide bonds. The number of amides is 1. The lowest BCUT2D eigenvalue weighted by Crippen LogP contribution is -2.45. The van der Waals surface area contributed by atoms with Crippen LogP contribution in [0.1, 0.15) is 22.5 Å². The van der Waals surface area contributed by atoms with Gasteiger partial charge < -0.3 is 14.5 Å². The number of rotatable bonds is 5. The second-order valence-corrected chi connectivity index (χ2v) is 6.79. The highest BCUT2D eigenvalue weighted by molar-refractivity contribution is 7.07. The van der Waals surface area contributed by atoms with E-state index < -0.39 is 0 Å². The zero-order chi connectivity index (χ0) is 16.9. The zero-order valence-electron chi connectivity index (χ0n) is 14.0. The van der Waals surface area contributed by atoms with Crippen LogP contribution in [0.25, 0.3) is 0 Å². The molecule has 128 valence electrons. The first-order valence-electron chi connectivity index (χ1n) is 8.05. The SMILES string of the molecule is CN(C)c1cc(CC[C@@H]2CN(C(=O)c3cscn3)CCO2)ccn1. The van der Waals surface area contributed by atoms with Gasteiger partial charge in [-0.1, -0.05) is 0 Å². The third kappa shape index (κ3) is 4.10. The third-order valence-electron chi connectivity index (χ3n) is 4.10. The van der Waals surface area contributed by atoms with E-state index in [1.165, 1.54) is 16.9 Å². The van der Waals surface area contributed by atoms with Crippen LogP contribution in [0.3, 0.4) is 0 Å². The molecule has 1 aliphatic rings. The molecule has 24 heavy (non-hydrogen) atoms. The smallest absolute Gasteiger partial charge is 0.273 e. The van der Waals surface area contributed by atoms with Crippen LogP contribution >= 0.6 is 11.3 Å². The molecule has 1 saturated heterocycles. The average Bonchev–Trinajstić information content (AvgIpc) is 3.14. The summed E-state index contributed by atoms with van der Waals surface area (Å²) in [5.74, 6) is 0.959. The molecule has 2 aromatic rings. The molecule has 0 N–H and O–H groups in total. The summed E-state index contributed by atoms with van der Waals surface area (Å²) in [6, 6.07) is 4.13. The van der Waals surface area contributed by atoms with Gasteiger partial charge >= 0.3 is 0 Å². The van der Waals surface area contributed by atoms with E-state index >= 15 is 0 Å². The summed E-state index contributed by atoms with van der Waals surface area (Å²) in [6.45, 7) is 1.84. The van der Waals surface area contributed by atoms with Crippen LogP contribution in [0.15, 0.2) is 29.2 Å². The molecule has 1 fully saturated rings. The van der Waals surface area contributed by atoms with Gasteiger partial charge in [0.05, 0.1) is 18.2 Å². The predicted molar refractivity (Wildman–Crippen MR) is 94.6 cm³/mol. The molecule has 0 spiro atoms. The number of hydrogen-bond acceptors (Lipinski definition) is 6. The van der Waals surface area contributed by atoms with Gasteiger partial charge in [0.1, 0.15) is 11.5 Å². The number of hydrogen-bond donors (Lipinski definition) is 0. The molecule has 0 aromatic carbocycles. The van der Waals surface area contributed by atoms with Gasteiger partial charge in [-0.25, -0.2) is 9.97 Å². The predicted octanol–water partition coefficient (Wildman–Crippen LogP) is 2.08. The fourth-order valence-corrected chi connectivity index (χ4v) is 3.27. The normalized spacial score (nSPS) is 17.8. The van der Waals surface area contributed by atoms with E-state index in [4.69, 9.17) is 4.74 Å². The lowest BCUT2D eigenvalue weighted by Gasteiger charge is -2.32. The molecule has 0 aliphatic carbocycles. The quantitative estimate of drug-likeness (QED) is 0.830. The summed E-state index contributed by atoms with van der Waals surface area (Å²) in [4.78, 5) is 24.7. The van der Waals surface area contributed by atoms with Gasteiger partial charge in [0.25, 0.3) is 5.91 Å². The van der Waals surface area contributed by atoms with Crippen LogP contribution in [0, 0.1) is 0 Å². The highest BCUT2D eigenvalue weighted by Crippen LogP contribution is 2.17. The minimum absolute atomic E-state index is 0.00311. The number of pyridine rings is 1. The van der Waals surface area contributed by atoms with Crippen LogP contribution in [0.5, 0.6) is 0 Å². The average molecular weight is 346 g/mol. The van der Waals surface area contributed by atoms with Gasteiger partial charge in [-0.3, -0.25) is 4.79 Å². The Bertz CT molecular complexity index is 675. The van der Waals surface area contributed by atoms with Gasteiger partial charge in [-0.2, -0.15) is 0 Å². The number of anilines is 1. The number of nitrogens with zero attached hydrogens (tertiary/aromatic N) is 4. The Kier molecular flexibility index (Phi) is 5.42. The maximum atomic E-state index is 12.4. The maximum absolute atomic E-state index is 12.4. The Morgan fingerprint density at radius 3 is 3.08 bits per heavy atom. The Hall–Kier alpha value is -1.99. The number of thiazole rings is 1. The molecule has 7 heteroatoms. The monoisotopic (exact) mass is 346 g/mol. The summed E-state index contributed by atoms with van der Waals surface area (Å²) >= 11 is 1.44. The maximum Gasteiger partial charge on any atom is 0.273 e. The molecular formula is C17H22N4O2S. The van der Waals surface area contributed by atoms with E-state index in [1.807, 2.05) is 36.2 Å². The topological polar surface area (TPSA) is 58.6 Å². The summed E-state index contributed by atoms with van der Waals surface area (Å²) in [5, 5.41) is 1.80. The van der Waals surface area contributed by atoms with Crippen molar-refractivity contribution >= 4 is 23.1 Å². The van der Waals surface area contributed by atoms with Crippen molar-refractivity contribution in [3.05, 3.63) is 40.5 Å². The highest BCUT2D eigenvalue weighted by Gasteiger charge is 2.25. The van der Waals surface area contributed by atoms with E-state index in [0.717, 1.165) is 18.7 Å². The van der Waals surface area contributed by atoms with Crippen LogP contribution in [-0.4, -0.2) is 60.7 Å². The molecule has 0 unspecified atom stereocenters. The van der Waals surface area contributed by atoms with Crippen molar-refractivity contribution in [2.45, 2.75) is 18.9 Å². The minimum atomic E-state index is 0.00311. The second kappa shape index (κ2) is 7.72. The fraction of sp³-hybridized carbons (Fsp3) is 0.471. The van der Waals surface area contributed by atoms with E-state index in [9.17, 15) is 4.79 Å². The summed E-state index contributed by atoms with van der Waals surface area (Å²) in [6.07, 6.45) is 3.70. The fourth-order valence-electron chi connectivity index (χ4n) is 2.75. The molecule has 3 heterocycles. The van der Waals surface area contributed by atoms with E-state index in [1.54, 1.807) is 10.9 Å². The Balaban J connectivity index is 1.56. The van der Waals surface area contributed by atoms with Crippen LogP contribution in [0.2, 0.25) is 0 Å². The summed E-state index contributed by atoms with van der Waals surface area (Å²) in [5.41, 5.74) is 3.46. The van der Waals surface area contributed by atoms with Crippen molar-refractivity contribution < 1.29 is 9.53 Å². The van der Waals surface area contributed by atoms with Crippen LogP contribution < -0.4 is 4.90 Å². The van der Waals surface area contributed by atoms with Crippen LogP contribution in [0.4, 0.5) is 5.82 Å². The zero-order valence-corrected chi connectivity index (χ0v) is 14.8. The first kappa shape index (κ1) is 16.9. The minimum Gasteiger partial charge on any atom is -0.375 e. The molecular weight excluding hydrogens is 324 g/mol. The third-order valence-corrected chi connectivity index (χ3v) is 4.69. The molecule has 1 atom stereocenters. The van der Waals surface area contributed by atoms with Gasteiger partial charge in [0.15, 0.2) is 0 Å². The van der Waals surface area contributed by atoms with Crippen molar-refractivity contribution in [1.29, 1.82) is 0 Å². The molecule has 0 bridgehead atoms. The summed E-state index contributed by atoms with van der Waals surface area (Å²) < 4.78 is 5.84. The van der Waals surface area contributed by atoms with Crippen LogP contribution in [-0.2, 0) is 11.2 Å². The van der Waals surface area contributed by atoms with Crippen molar-refractivity contribution in [1.82, 2.24) is 14.9 Å². The number of aryl methyl sites for hydroxylation is 1. The van der Waals surface area contributed by atoms with E-state index in [0.29, 0.717) is 25.4 Å². The molecule has 0 radical (unpaired) electrons. The Labute approximate surface area is 146 Å². The van der Waals surface area contributed by atoms with Crippen molar-refractivity contribution in [2.75, 3.05) is 38.7 Å². The number of aromatic nitrogens is 2.